The van der Waals surface area contributed by atoms with Gasteiger partial charge in [-0.05, 0) is 6.07 Å². The van der Waals surface area contributed by atoms with Gasteiger partial charge in [0.25, 0.3) is 0 Å². The van der Waals surface area contributed by atoms with Crippen LogP contribution < -0.4 is 15.5 Å². The maximum atomic E-state index is 10.4. The van der Waals surface area contributed by atoms with E-state index < -0.39 is 0 Å². The molecule has 5 nitrogen and oxygen atoms in total. The fourth-order valence-corrected chi connectivity index (χ4v) is 1.74. The van der Waals surface area contributed by atoms with E-state index in [4.69, 9.17) is 0 Å². The first-order valence-corrected chi connectivity index (χ1v) is 5.01. The van der Waals surface area contributed by atoms with Crippen LogP contribution in [0.15, 0.2) is 18.5 Å². The largest absolute Gasteiger partial charge is 0.367 e. The lowest BCUT2D eigenvalue weighted by Gasteiger charge is -2.30. The van der Waals surface area contributed by atoms with Gasteiger partial charge in [0.2, 0.25) is 6.41 Å². The van der Waals surface area contributed by atoms with Crippen LogP contribution in [0.4, 0.5) is 11.4 Å². The van der Waals surface area contributed by atoms with Crippen molar-refractivity contribution in [1.29, 1.82) is 0 Å². The molecule has 2 heterocycles. The molecule has 1 aliphatic heterocycles. The van der Waals surface area contributed by atoms with E-state index >= 15 is 0 Å². The number of nitrogens with zero attached hydrogens (tertiary/aromatic N) is 2. The zero-order valence-corrected chi connectivity index (χ0v) is 8.44. The quantitative estimate of drug-likeness (QED) is 0.687. The van der Waals surface area contributed by atoms with Gasteiger partial charge in [0.05, 0.1) is 17.6 Å². The highest BCUT2D eigenvalue weighted by Crippen LogP contribution is 2.23. The van der Waals surface area contributed by atoms with Crippen LogP contribution in [0.3, 0.4) is 0 Å². The van der Waals surface area contributed by atoms with Crippen LogP contribution in [0.2, 0.25) is 0 Å². The van der Waals surface area contributed by atoms with Gasteiger partial charge in [0.1, 0.15) is 0 Å². The highest BCUT2D eigenvalue weighted by Gasteiger charge is 2.13. The number of carbonyl (C=O) groups excluding carboxylic acids is 1. The highest BCUT2D eigenvalue weighted by atomic mass is 16.1. The standard InChI is InChI=1S/C10H14N4O/c15-8-13-9-7-12-2-1-10(9)14-5-3-11-4-6-14/h1-2,7-8,11H,3-6H2,(H,13,15). The van der Waals surface area contributed by atoms with Crippen molar-refractivity contribution >= 4 is 17.8 Å². The SMILES string of the molecule is O=CNc1cnccc1N1CCNCC1. The zero-order chi connectivity index (χ0) is 10.5. The van der Waals surface area contributed by atoms with E-state index in [9.17, 15) is 4.79 Å². The predicted molar refractivity (Wildman–Crippen MR) is 59.0 cm³/mol. The van der Waals surface area contributed by atoms with E-state index in [2.05, 4.69) is 20.5 Å². The van der Waals surface area contributed by atoms with Crippen molar-refractivity contribution in [2.24, 2.45) is 0 Å². The smallest absolute Gasteiger partial charge is 0.211 e. The Bertz CT molecular complexity index is 336. The summed E-state index contributed by atoms with van der Waals surface area (Å²) in [6.45, 7) is 3.86. The molecule has 5 heteroatoms. The molecule has 0 bridgehead atoms. The Labute approximate surface area is 88.5 Å². The molecule has 0 aromatic carbocycles. The van der Waals surface area contributed by atoms with Crippen molar-refractivity contribution in [2.45, 2.75) is 0 Å². The van der Waals surface area contributed by atoms with Gasteiger partial charge < -0.3 is 15.5 Å². The van der Waals surface area contributed by atoms with Crippen molar-refractivity contribution in [2.75, 3.05) is 36.4 Å². The molecule has 1 amide bonds. The lowest BCUT2D eigenvalue weighted by molar-refractivity contribution is -0.105. The number of hydrogen-bond donors (Lipinski definition) is 2. The van der Waals surface area contributed by atoms with E-state index in [0.29, 0.717) is 6.41 Å². The van der Waals surface area contributed by atoms with Crippen molar-refractivity contribution in [3.05, 3.63) is 18.5 Å². The third-order valence-corrected chi connectivity index (χ3v) is 2.47. The molecular weight excluding hydrogens is 192 g/mol. The summed E-state index contributed by atoms with van der Waals surface area (Å²) in [5, 5.41) is 5.96. The Balaban J connectivity index is 2.20. The minimum absolute atomic E-state index is 0.683. The molecular formula is C10H14N4O. The van der Waals surface area contributed by atoms with E-state index in [0.717, 1.165) is 37.6 Å². The number of piperazine rings is 1. The minimum Gasteiger partial charge on any atom is -0.367 e. The topological polar surface area (TPSA) is 57.3 Å². The molecule has 0 spiro atoms. The lowest BCUT2D eigenvalue weighted by atomic mass is 10.2. The van der Waals surface area contributed by atoms with Crippen molar-refractivity contribution in [1.82, 2.24) is 10.3 Å². The van der Waals surface area contributed by atoms with Crippen LogP contribution >= 0.6 is 0 Å². The summed E-state index contributed by atoms with van der Waals surface area (Å²) in [6.07, 6.45) is 4.10. The molecule has 2 N–H and O–H groups in total. The van der Waals surface area contributed by atoms with Crippen LogP contribution in [0, 0.1) is 0 Å². The summed E-state index contributed by atoms with van der Waals surface area (Å²) in [7, 11) is 0. The van der Waals surface area contributed by atoms with Crippen LogP contribution in [-0.4, -0.2) is 37.6 Å². The van der Waals surface area contributed by atoms with Crippen molar-refractivity contribution in [3.63, 3.8) is 0 Å². The molecule has 80 valence electrons. The second kappa shape index (κ2) is 4.75. The third kappa shape index (κ3) is 2.24. The Hall–Kier alpha value is -1.62. The van der Waals surface area contributed by atoms with Crippen molar-refractivity contribution in [3.8, 4) is 0 Å². The maximum absolute atomic E-state index is 10.4. The van der Waals surface area contributed by atoms with Crippen LogP contribution in [0.5, 0.6) is 0 Å². The minimum atomic E-state index is 0.683. The fourth-order valence-electron chi connectivity index (χ4n) is 1.74. The van der Waals surface area contributed by atoms with Gasteiger partial charge >= 0.3 is 0 Å². The number of anilines is 2. The molecule has 1 aliphatic rings. The first-order chi connectivity index (χ1) is 7.42. The van der Waals surface area contributed by atoms with Gasteiger partial charge in [-0.3, -0.25) is 9.78 Å². The summed E-state index contributed by atoms with van der Waals surface area (Å²) in [5.74, 6) is 0. The lowest BCUT2D eigenvalue weighted by Crippen LogP contribution is -2.43. The molecule has 1 aromatic heterocycles. The highest BCUT2D eigenvalue weighted by molar-refractivity contribution is 5.80. The van der Waals surface area contributed by atoms with E-state index in [-0.39, 0.29) is 0 Å². The molecule has 0 aliphatic carbocycles. The van der Waals surface area contributed by atoms with E-state index in [1.807, 2.05) is 6.07 Å². The first-order valence-electron chi connectivity index (χ1n) is 5.01. The Morgan fingerprint density at radius 2 is 2.27 bits per heavy atom. The number of hydrogen-bond acceptors (Lipinski definition) is 4. The average Bonchev–Trinajstić information content (AvgIpc) is 2.31. The first kappa shape index (κ1) is 9.92. The molecule has 0 radical (unpaired) electrons. The third-order valence-electron chi connectivity index (χ3n) is 2.47. The van der Waals surface area contributed by atoms with Gasteiger partial charge in [0.15, 0.2) is 0 Å². The van der Waals surface area contributed by atoms with E-state index in [1.54, 1.807) is 12.4 Å². The molecule has 1 fully saturated rings. The van der Waals surface area contributed by atoms with Gasteiger partial charge in [0, 0.05) is 32.4 Å². The second-order valence-electron chi connectivity index (χ2n) is 3.39. The van der Waals surface area contributed by atoms with Gasteiger partial charge in [-0.2, -0.15) is 0 Å². The summed E-state index contributed by atoms with van der Waals surface area (Å²) in [6, 6.07) is 1.93. The predicted octanol–water partition coefficient (Wildman–Crippen LogP) is 0.0595. The summed E-state index contributed by atoms with van der Waals surface area (Å²) in [5.41, 5.74) is 1.81. The van der Waals surface area contributed by atoms with Crippen LogP contribution in [0.25, 0.3) is 0 Å². The number of amides is 1. The number of aromatic nitrogens is 1. The monoisotopic (exact) mass is 206 g/mol. The molecule has 15 heavy (non-hydrogen) atoms. The molecule has 0 atom stereocenters. The van der Waals surface area contributed by atoms with Crippen LogP contribution in [-0.2, 0) is 4.79 Å². The Kier molecular flexibility index (Phi) is 3.14. The maximum Gasteiger partial charge on any atom is 0.211 e. The van der Waals surface area contributed by atoms with Crippen molar-refractivity contribution < 1.29 is 4.79 Å². The summed E-state index contributed by atoms with van der Waals surface area (Å²) >= 11 is 0. The van der Waals surface area contributed by atoms with E-state index in [1.165, 1.54) is 0 Å². The Morgan fingerprint density at radius 1 is 1.47 bits per heavy atom. The van der Waals surface area contributed by atoms with Gasteiger partial charge in [-0.25, -0.2) is 0 Å². The summed E-state index contributed by atoms with van der Waals surface area (Å²) in [4.78, 5) is 16.7. The molecule has 1 aromatic rings. The number of nitrogens with one attached hydrogen (secondary N) is 2. The summed E-state index contributed by atoms with van der Waals surface area (Å²) < 4.78 is 0. The fraction of sp³-hybridized carbons (Fsp3) is 0.400. The molecule has 0 saturated carbocycles. The number of carbonyl (C=O) groups is 1. The van der Waals surface area contributed by atoms with Crippen LogP contribution in [0.1, 0.15) is 0 Å². The normalized spacial score (nSPS) is 16.1. The average molecular weight is 206 g/mol. The molecule has 0 unspecified atom stereocenters. The molecule has 2 rings (SSSR count). The number of pyridine rings is 1. The Morgan fingerprint density at radius 3 is 3.00 bits per heavy atom. The van der Waals surface area contributed by atoms with Gasteiger partial charge in [-0.15, -0.1) is 0 Å². The zero-order valence-electron chi connectivity index (χ0n) is 8.44. The second-order valence-corrected chi connectivity index (χ2v) is 3.39. The number of rotatable bonds is 3. The van der Waals surface area contributed by atoms with Gasteiger partial charge in [-0.1, -0.05) is 0 Å². The molecule has 1 saturated heterocycles.